The summed E-state index contributed by atoms with van der Waals surface area (Å²) in [4.78, 5) is 14.3. The van der Waals surface area contributed by atoms with E-state index >= 15 is 0 Å². The maximum Gasteiger partial charge on any atom is 0.410 e. The van der Waals surface area contributed by atoms with Gasteiger partial charge in [-0.3, -0.25) is 4.90 Å². The van der Waals surface area contributed by atoms with Crippen molar-refractivity contribution in [3.63, 3.8) is 0 Å². The smallest absolute Gasteiger partial charge is 0.410 e. The molecule has 0 N–H and O–H groups in total. The van der Waals surface area contributed by atoms with E-state index in [0.717, 1.165) is 22.0 Å². The van der Waals surface area contributed by atoms with E-state index in [4.69, 9.17) is 4.74 Å². The van der Waals surface area contributed by atoms with E-state index in [-0.39, 0.29) is 12.1 Å². The molecule has 2 aromatic carbocycles. The Morgan fingerprint density at radius 3 is 2.61 bits per heavy atom. The fourth-order valence-electron chi connectivity index (χ4n) is 2.71. The summed E-state index contributed by atoms with van der Waals surface area (Å²) in [5, 5.41) is 0. The lowest BCUT2D eigenvalue weighted by Crippen LogP contribution is -2.37. The molecular formula is C19H18BrNO2. The van der Waals surface area contributed by atoms with Crippen LogP contribution in [0.2, 0.25) is 0 Å². The zero-order chi connectivity index (χ0) is 16.1. The molecule has 0 aromatic heterocycles. The van der Waals surface area contributed by atoms with Gasteiger partial charge in [-0.2, -0.15) is 0 Å². The Balaban J connectivity index is 1.72. The summed E-state index contributed by atoms with van der Waals surface area (Å²) in [6, 6.07) is 17.8. The maximum atomic E-state index is 12.5. The van der Waals surface area contributed by atoms with Crippen molar-refractivity contribution in [3.05, 3.63) is 82.3 Å². The van der Waals surface area contributed by atoms with Gasteiger partial charge in [-0.15, -0.1) is 0 Å². The summed E-state index contributed by atoms with van der Waals surface area (Å²) in [5.74, 6) is 0. The zero-order valence-electron chi connectivity index (χ0n) is 12.7. The van der Waals surface area contributed by atoms with Gasteiger partial charge >= 0.3 is 6.09 Å². The fraction of sp³-hybridized carbons (Fsp3) is 0.211. The number of rotatable bonds is 3. The monoisotopic (exact) mass is 371 g/mol. The molecule has 1 aliphatic heterocycles. The van der Waals surface area contributed by atoms with Crippen molar-refractivity contribution in [2.45, 2.75) is 19.1 Å². The molecule has 0 radical (unpaired) electrons. The minimum absolute atomic E-state index is 0.00107. The first-order valence-electron chi connectivity index (χ1n) is 7.62. The molecule has 1 heterocycles. The average molecular weight is 372 g/mol. The summed E-state index contributed by atoms with van der Waals surface area (Å²) < 4.78 is 6.51. The maximum absolute atomic E-state index is 12.5. The average Bonchev–Trinajstić information content (AvgIpc) is 2.61. The first kappa shape index (κ1) is 15.8. The van der Waals surface area contributed by atoms with Crippen LogP contribution in [0.5, 0.6) is 0 Å². The van der Waals surface area contributed by atoms with E-state index in [1.165, 1.54) is 0 Å². The Hall–Kier alpha value is -2.07. The second-order valence-corrected chi connectivity index (χ2v) is 6.29. The van der Waals surface area contributed by atoms with Gasteiger partial charge in [0.15, 0.2) is 0 Å². The predicted octanol–water partition coefficient (Wildman–Crippen LogP) is 5.09. The summed E-state index contributed by atoms with van der Waals surface area (Å²) in [6.07, 6.45) is 4.64. The molecule has 1 unspecified atom stereocenters. The first-order valence-corrected chi connectivity index (χ1v) is 8.42. The van der Waals surface area contributed by atoms with E-state index in [9.17, 15) is 4.79 Å². The number of carbonyl (C=O) groups is 1. The van der Waals surface area contributed by atoms with E-state index in [0.29, 0.717) is 13.2 Å². The number of halogens is 1. The van der Waals surface area contributed by atoms with Gasteiger partial charge in [0.25, 0.3) is 0 Å². The summed E-state index contributed by atoms with van der Waals surface area (Å²) in [5.41, 5.74) is 2.10. The molecule has 0 spiro atoms. The molecule has 118 valence electrons. The standard InChI is InChI=1S/C19H18BrNO2/c20-17-11-5-4-10-16(17)18-12-6-7-13-21(18)19(22)23-14-15-8-2-1-3-9-15/h1-11,18H,12-14H2. The Kier molecular flexibility index (Phi) is 5.13. The molecule has 3 rings (SSSR count). The van der Waals surface area contributed by atoms with Crippen LogP contribution in [0.3, 0.4) is 0 Å². The molecule has 0 fully saturated rings. The van der Waals surface area contributed by atoms with Crippen LogP contribution in [-0.4, -0.2) is 17.5 Å². The third-order valence-corrected chi connectivity index (χ3v) is 4.63. The van der Waals surface area contributed by atoms with Crippen molar-refractivity contribution in [3.8, 4) is 0 Å². The third-order valence-electron chi connectivity index (χ3n) is 3.91. The number of nitrogens with zero attached hydrogens (tertiary/aromatic N) is 1. The first-order chi connectivity index (χ1) is 11.3. The number of ether oxygens (including phenoxy) is 1. The van der Waals surface area contributed by atoms with Gasteiger partial charge in [-0.1, -0.05) is 76.6 Å². The second-order valence-electron chi connectivity index (χ2n) is 5.44. The molecule has 23 heavy (non-hydrogen) atoms. The van der Waals surface area contributed by atoms with Crippen LogP contribution in [0.1, 0.15) is 23.6 Å². The molecule has 1 amide bonds. The highest BCUT2D eigenvalue weighted by molar-refractivity contribution is 9.10. The zero-order valence-corrected chi connectivity index (χ0v) is 14.3. The lowest BCUT2D eigenvalue weighted by molar-refractivity contribution is 0.0831. The topological polar surface area (TPSA) is 29.5 Å². The second kappa shape index (κ2) is 7.47. The molecule has 0 aliphatic carbocycles. The minimum Gasteiger partial charge on any atom is -0.445 e. The summed E-state index contributed by atoms with van der Waals surface area (Å²) in [6.45, 7) is 0.863. The number of hydrogen-bond donors (Lipinski definition) is 0. The molecule has 3 nitrogen and oxygen atoms in total. The largest absolute Gasteiger partial charge is 0.445 e. The Morgan fingerprint density at radius 1 is 1.09 bits per heavy atom. The van der Waals surface area contributed by atoms with Crippen LogP contribution >= 0.6 is 15.9 Å². The molecular weight excluding hydrogens is 354 g/mol. The number of benzene rings is 2. The van der Waals surface area contributed by atoms with Gasteiger partial charge in [-0.25, -0.2) is 4.79 Å². The van der Waals surface area contributed by atoms with Crippen molar-refractivity contribution in [1.82, 2.24) is 4.90 Å². The summed E-state index contributed by atoms with van der Waals surface area (Å²) in [7, 11) is 0. The Labute approximate surface area is 144 Å². The summed E-state index contributed by atoms with van der Waals surface area (Å²) >= 11 is 3.58. The predicted molar refractivity (Wildman–Crippen MR) is 94.0 cm³/mol. The molecule has 0 bridgehead atoms. The van der Waals surface area contributed by atoms with Crippen molar-refractivity contribution in [2.24, 2.45) is 0 Å². The van der Waals surface area contributed by atoms with Crippen LogP contribution in [0.25, 0.3) is 0 Å². The fourth-order valence-corrected chi connectivity index (χ4v) is 3.26. The number of carbonyl (C=O) groups excluding carboxylic acids is 1. The molecule has 2 aromatic rings. The van der Waals surface area contributed by atoms with Gasteiger partial charge in [0.1, 0.15) is 6.61 Å². The van der Waals surface area contributed by atoms with Crippen molar-refractivity contribution < 1.29 is 9.53 Å². The van der Waals surface area contributed by atoms with Crippen molar-refractivity contribution in [1.29, 1.82) is 0 Å². The SMILES string of the molecule is O=C(OCc1ccccc1)N1CC=CCC1c1ccccc1Br. The van der Waals surface area contributed by atoms with Crippen LogP contribution in [0.4, 0.5) is 4.79 Å². The number of amides is 1. The van der Waals surface area contributed by atoms with Gasteiger partial charge in [0, 0.05) is 11.0 Å². The van der Waals surface area contributed by atoms with Crippen LogP contribution < -0.4 is 0 Å². The number of hydrogen-bond acceptors (Lipinski definition) is 2. The van der Waals surface area contributed by atoms with E-state index < -0.39 is 0 Å². The van der Waals surface area contributed by atoms with Gasteiger partial charge < -0.3 is 4.74 Å². The van der Waals surface area contributed by atoms with E-state index in [1.54, 1.807) is 4.90 Å². The van der Waals surface area contributed by atoms with E-state index in [2.05, 4.69) is 22.0 Å². The van der Waals surface area contributed by atoms with Crippen molar-refractivity contribution in [2.75, 3.05) is 6.54 Å². The minimum atomic E-state index is -0.279. The highest BCUT2D eigenvalue weighted by atomic mass is 79.9. The van der Waals surface area contributed by atoms with E-state index in [1.807, 2.05) is 60.7 Å². The normalized spacial score (nSPS) is 17.1. The third kappa shape index (κ3) is 3.82. The highest BCUT2D eigenvalue weighted by Gasteiger charge is 2.28. The molecule has 1 atom stereocenters. The van der Waals surface area contributed by atoms with Crippen LogP contribution in [0.15, 0.2) is 71.2 Å². The molecule has 4 heteroatoms. The molecule has 0 saturated carbocycles. The van der Waals surface area contributed by atoms with Crippen LogP contribution in [0, 0.1) is 0 Å². The Morgan fingerprint density at radius 2 is 1.83 bits per heavy atom. The Bertz CT molecular complexity index is 700. The van der Waals surface area contributed by atoms with Crippen LogP contribution in [-0.2, 0) is 11.3 Å². The highest BCUT2D eigenvalue weighted by Crippen LogP contribution is 2.33. The lowest BCUT2D eigenvalue weighted by Gasteiger charge is -2.33. The molecule has 1 aliphatic rings. The lowest BCUT2D eigenvalue weighted by atomic mass is 9.99. The molecule has 0 saturated heterocycles. The van der Waals surface area contributed by atoms with Gasteiger partial charge in [0.05, 0.1) is 6.04 Å². The van der Waals surface area contributed by atoms with Gasteiger partial charge in [0.2, 0.25) is 0 Å². The quantitative estimate of drug-likeness (QED) is 0.703. The van der Waals surface area contributed by atoms with Gasteiger partial charge in [-0.05, 0) is 23.6 Å². The van der Waals surface area contributed by atoms with Crippen molar-refractivity contribution >= 4 is 22.0 Å².